The van der Waals surface area contributed by atoms with Crippen LogP contribution >= 0.6 is 0 Å². The average Bonchev–Trinajstić information content (AvgIpc) is 2.84. The summed E-state index contributed by atoms with van der Waals surface area (Å²) in [5.41, 5.74) is 5.60. The molecule has 8 nitrogen and oxygen atoms in total. The number of aryl methyl sites for hydroxylation is 1. The zero-order chi connectivity index (χ0) is 14.6. The van der Waals surface area contributed by atoms with E-state index in [2.05, 4.69) is 14.8 Å². The fourth-order valence-electron chi connectivity index (χ4n) is 2.27. The standard InChI is InChI=1S/C11H22N6O2S/c1-16-9-13-11(15-16)2-5-14-20(18,19)17-6-3-10(8-12)4-7-17/h9-10,14H,2-8,12H2,1H3. The van der Waals surface area contributed by atoms with Gasteiger partial charge in [-0.3, -0.25) is 4.68 Å². The van der Waals surface area contributed by atoms with Gasteiger partial charge in [0.25, 0.3) is 10.2 Å². The molecule has 20 heavy (non-hydrogen) atoms. The van der Waals surface area contributed by atoms with Crippen molar-refractivity contribution in [2.75, 3.05) is 26.2 Å². The molecule has 1 aromatic heterocycles. The molecule has 0 saturated carbocycles. The van der Waals surface area contributed by atoms with Crippen LogP contribution in [-0.2, 0) is 23.7 Å². The van der Waals surface area contributed by atoms with E-state index in [1.807, 2.05) is 0 Å². The van der Waals surface area contributed by atoms with Crippen LogP contribution in [-0.4, -0.2) is 53.7 Å². The molecule has 0 unspecified atom stereocenters. The Morgan fingerprint density at radius 2 is 2.15 bits per heavy atom. The Morgan fingerprint density at radius 1 is 1.45 bits per heavy atom. The summed E-state index contributed by atoms with van der Waals surface area (Å²) < 4.78 is 29.9. The second-order valence-corrected chi connectivity index (χ2v) is 6.82. The van der Waals surface area contributed by atoms with Gasteiger partial charge in [0.2, 0.25) is 0 Å². The van der Waals surface area contributed by atoms with E-state index < -0.39 is 10.2 Å². The Hall–Kier alpha value is -1.03. The van der Waals surface area contributed by atoms with Gasteiger partial charge < -0.3 is 5.73 Å². The quantitative estimate of drug-likeness (QED) is 0.691. The van der Waals surface area contributed by atoms with Crippen LogP contribution in [0.2, 0.25) is 0 Å². The predicted molar refractivity (Wildman–Crippen MR) is 75.0 cm³/mol. The second kappa shape index (κ2) is 6.61. The number of rotatable bonds is 6. The van der Waals surface area contributed by atoms with Gasteiger partial charge in [-0.15, -0.1) is 0 Å². The van der Waals surface area contributed by atoms with Crippen LogP contribution in [0.3, 0.4) is 0 Å². The first-order valence-electron chi connectivity index (χ1n) is 6.80. The molecule has 1 saturated heterocycles. The van der Waals surface area contributed by atoms with Crippen LogP contribution in [0, 0.1) is 5.92 Å². The van der Waals surface area contributed by atoms with Crippen molar-refractivity contribution < 1.29 is 8.42 Å². The molecule has 1 aliphatic rings. The van der Waals surface area contributed by atoms with Gasteiger partial charge in [0.15, 0.2) is 5.82 Å². The van der Waals surface area contributed by atoms with Gasteiger partial charge in [-0.25, -0.2) is 9.71 Å². The van der Waals surface area contributed by atoms with E-state index in [4.69, 9.17) is 5.73 Å². The smallest absolute Gasteiger partial charge is 0.279 e. The topological polar surface area (TPSA) is 106 Å². The molecule has 2 rings (SSSR count). The molecule has 1 fully saturated rings. The highest BCUT2D eigenvalue weighted by atomic mass is 32.2. The minimum Gasteiger partial charge on any atom is -0.330 e. The summed E-state index contributed by atoms with van der Waals surface area (Å²) in [5, 5.41) is 4.11. The third-order valence-corrected chi connectivity index (χ3v) is 5.14. The first-order chi connectivity index (χ1) is 9.51. The van der Waals surface area contributed by atoms with Crippen molar-refractivity contribution >= 4 is 10.2 Å². The first-order valence-corrected chi connectivity index (χ1v) is 8.24. The lowest BCUT2D eigenvalue weighted by Crippen LogP contribution is -2.46. The number of aromatic nitrogens is 3. The maximum Gasteiger partial charge on any atom is 0.279 e. The van der Waals surface area contributed by atoms with E-state index in [-0.39, 0.29) is 0 Å². The van der Waals surface area contributed by atoms with Crippen LogP contribution in [0.5, 0.6) is 0 Å². The number of nitrogens with one attached hydrogen (secondary N) is 1. The molecular weight excluding hydrogens is 280 g/mol. The molecule has 0 aromatic carbocycles. The largest absolute Gasteiger partial charge is 0.330 e. The molecule has 0 amide bonds. The Labute approximate surface area is 119 Å². The molecule has 2 heterocycles. The van der Waals surface area contributed by atoms with E-state index in [0.717, 1.165) is 12.8 Å². The van der Waals surface area contributed by atoms with Gasteiger partial charge >= 0.3 is 0 Å². The highest BCUT2D eigenvalue weighted by molar-refractivity contribution is 7.87. The lowest BCUT2D eigenvalue weighted by molar-refractivity contribution is 0.276. The van der Waals surface area contributed by atoms with E-state index in [1.165, 1.54) is 4.31 Å². The number of nitrogens with zero attached hydrogens (tertiary/aromatic N) is 4. The minimum atomic E-state index is -3.40. The number of nitrogens with two attached hydrogens (primary N) is 1. The van der Waals surface area contributed by atoms with Crippen molar-refractivity contribution in [1.82, 2.24) is 23.8 Å². The summed E-state index contributed by atoms with van der Waals surface area (Å²) in [5.74, 6) is 1.08. The zero-order valence-electron chi connectivity index (χ0n) is 11.7. The second-order valence-electron chi connectivity index (χ2n) is 5.06. The number of piperidine rings is 1. The Kier molecular flexibility index (Phi) is 5.08. The van der Waals surface area contributed by atoms with Gasteiger partial charge in [-0.05, 0) is 25.3 Å². The highest BCUT2D eigenvalue weighted by Gasteiger charge is 2.26. The number of hydrogen-bond donors (Lipinski definition) is 2. The predicted octanol–water partition coefficient (Wildman–Crippen LogP) is -1.14. The molecule has 114 valence electrons. The molecule has 0 atom stereocenters. The summed E-state index contributed by atoms with van der Waals surface area (Å²) in [6, 6.07) is 0. The molecule has 0 radical (unpaired) electrons. The van der Waals surface area contributed by atoms with Gasteiger partial charge in [0.05, 0.1) is 0 Å². The van der Waals surface area contributed by atoms with Crippen LogP contribution in [0.1, 0.15) is 18.7 Å². The summed E-state index contributed by atoms with van der Waals surface area (Å²) >= 11 is 0. The molecule has 1 aliphatic heterocycles. The molecule has 0 bridgehead atoms. The monoisotopic (exact) mass is 302 g/mol. The molecule has 3 N–H and O–H groups in total. The lowest BCUT2D eigenvalue weighted by atomic mass is 9.99. The molecule has 9 heteroatoms. The third kappa shape index (κ3) is 3.98. The Balaban J connectivity index is 1.79. The van der Waals surface area contributed by atoms with E-state index >= 15 is 0 Å². The van der Waals surface area contributed by atoms with Crippen molar-refractivity contribution in [3.63, 3.8) is 0 Å². The fourth-order valence-corrected chi connectivity index (χ4v) is 3.50. The van der Waals surface area contributed by atoms with Crippen molar-refractivity contribution in [3.05, 3.63) is 12.2 Å². The minimum absolute atomic E-state index is 0.309. The summed E-state index contributed by atoms with van der Waals surface area (Å²) in [6.45, 7) is 2.02. The lowest BCUT2D eigenvalue weighted by Gasteiger charge is -2.30. The summed E-state index contributed by atoms with van der Waals surface area (Å²) in [4.78, 5) is 4.06. The van der Waals surface area contributed by atoms with Crippen LogP contribution in [0.15, 0.2) is 6.33 Å². The SMILES string of the molecule is Cn1cnc(CCNS(=O)(=O)N2CCC(CN)CC2)n1. The van der Waals surface area contributed by atoms with Crippen molar-refractivity contribution in [2.24, 2.45) is 18.7 Å². The third-order valence-electron chi connectivity index (χ3n) is 3.53. The van der Waals surface area contributed by atoms with Crippen molar-refractivity contribution in [1.29, 1.82) is 0 Å². The van der Waals surface area contributed by atoms with Gasteiger partial charge in [0, 0.05) is 33.1 Å². The van der Waals surface area contributed by atoms with E-state index in [9.17, 15) is 8.42 Å². The maximum absolute atomic E-state index is 12.1. The van der Waals surface area contributed by atoms with Gasteiger partial charge in [-0.1, -0.05) is 0 Å². The Bertz CT molecular complexity index is 521. The Morgan fingerprint density at radius 3 is 2.70 bits per heavy atom. The fraction of sp³-hybridized carbons (Fsp3) is 0.818. The van der Waals surface area contributed by atoms with E-state index in [1.54, 1.807) is 18.1 Å². The molecule has 0 spiro atoms. The molecular formula is C11H22N6O2S. The van der Waals surface area contributed by atoms with Gasteiger partial charge in [0.1, 0.15) is 6.33 Å². The molecule has 0 aliphatic carbocycles. The van der Waals surface area contributed by atoms with Gasteiger partial charge in [-0.2, -0.15) is 17.8 Å². The van der Waals surface area contributed by atoms with Crippen LogP contribution in [0.25, 0.3) is 0 Å². The summed E-state index contributed by atoms with van der Waals surface area (Å²) in [6.07, 6.45) is 3.75. The van der Waals surface area contributed by atoms with Crippen LogP contribution < -0.4 is 10.5 Å². The maximum atomic E-state index is 12.1. The summed E-state index contributed by atoms with van der Waals surface area (Å²) in [7, 11) is -1.62. The van der Waals surface area contributed by atoms with Crippen molar-refractivity contribution in [3.8, 4) is 0 Å². The first kappa shape index (κ1) is 15.4. The van der Waals surface area contributed by atoms with E-state index in [0.29, 0.717) is 44.3 Å². The zero-order valence-corrected chi connectivity index (χ0v) is 12.5. The average molecular weight is 302 g/mol. The normalized spacial score (nSPS) is 18.5. The highest BCUT2D eigenvalue weighted by Crippen LogP contribution is 2.17. The number of hydrogen-bond acceptors (Lipinski definition) is 5. The van der Waals surface area contributed by atoms with Crippen LogP contribution in [0.4, 0.5) is 0 Å². The van der Waals surface area contributed by atoms with Crippen molar-refractivity contribution in [2.45, 2.75) is 19.3 Å². The molecule has 1 aromatic rings.